The summed E-state index contributed by atoms with van der Waals surface area (Å²) in [6.45, 7) is 21.9. The second-order valence-corrected chi connectivity index (χ2v) is 37.6. The summed E-state index contributed by atoms with van der Waals surface area (Å²) in [6.07, 6.45) is 4.48. The predicted molar refractivity (Wildman–Crippen MR) is 336 cm³/mol. The molecule has 0 unspecified atom stereocenters. The molecule has 4 aromatic heterocycles. The first-order chi connectivity index (χ1) is 42.2. The van der Waals surface area contributed by atoms with Crippen LogP contribution >= 0.6 is 0 Å². The van der Waals surface area contributed by atoms with Crippen LogP contribution in [0, 0.1) is 34.1 Å². The second-order valence-electron chi connectivity index (χ2n) is 24.4. The van der Waals surface area contributed by atoms with Crippen molar-refractivity contribution in [2.24, 2.45) is 10.8 Å². The lowest BCUT2D eigenvalue weighted by atomic mass is 9.95. The smallest absolute Gasteiger partial charge is 0.323 e. The molecule has 8 aromatic rings. The molecule has 0 atom stereocenters. The van der Waals surface area contributed by atoms with Crippen molar-refractivity contribution < 1.29 is 73.8 Å². The Labute approximate surface area is 523 Å². The van der Waals surface area contributed by atoms with Crippen molar-refractivity contribution in [3.8, 4) is 74.3 Å². The molecular weight excluding hydrogens is 1220 g/mol. The van der Waals surface area contributed by atoms with E-state index >= 15 is 0 Å². The number of sulfone groups is 1. The van der Waals surface area contributed by atoms with Crippen molar-refractivity contribution in [1.29, 1.82) is 0 Å². The number of phenols is 1. The normalized spacial score (nSPS) is 11.8. The van der Waals surface area contributed by atoms with E-state index in [4.69, 9.17) is 38.3 Å². The number of aromatic hydroxyl groups is 1. The Balaban J connectivity index is 0.000000252. The molecule has 0 bridgehead atoms. The molecule has 90 heavy (non-hydrogen) atoms. The number of ether oxygens (including phenoxy) is 7. The molecule has 0 aliphatic rings. The van der Waals surface area contributed by atoms with Gasteiger partial charge in [-0.15, -0.1) is 10.2 Å². The molecule has 27 heteroatoms. The van der Waals surface area contributed by atoms with Gasteiger partial charge in [0, 0.05) is 94.5 Å². The Bertz CT molecular complexity index is 3790. The highest BCUT2D eigenvalue weighted by Crippen LogP contribution is 2.31. The van der Waals surface area contributed by atoms with Crippen molar-refractivity contribution >= 4 is 37.9 Å². The van der Waals surface area contributed by atoms with Crippen LogP contribution in [0.1, 0.15) is 27.7 Å². The number of methoxy groups -OCH3 is 2. The van der Waals surface area contributed by atoms with Gasteiger partial charge in [0.25, 0.3) is 0 Å². The number of pyridine rings is 2. The van der Waals surface area contributed by atoms with Crippen LogP contribution < -0.4 is 14.2 Å². The van der Waals surface area contributed by atoms with Crippen molar-refractivity contribution in [2.75, 3.05) is 46.9 Å². The van der Waals surface area contributed by atoms with Gasteiger partial charge in [0.15, 0.2) is 34.8 Å². The summed E-state index contributed by atoms with van der Waals surface area (Å²) >= 11 is 0. The predicted octanol–water partition coefficient (Wildman–Crippen LogP) is 12.9. The van der Waals surface area contributed by atoms with Crippen LogP contribution in [0.15, 0.2) is 127 Å². The van der Waals surface area contributed by atoms with Gasteiger partial charge < -0.3 is 38.3 Å². The number of phenolic OH excluding ortho intramolecular Hbond substituents is 1. The molecule has 4 heterocycles. The molecule has 20 nitrogen and oxygen atoms in total. The molecule has 0 saturated heterocycles. The molecule has 0 radical (unpaired) electrons. The van der Waals surface area contributed by atoms with Gasteiger partial charge in [0.2, 0.25) is 26.8 Å². The number of halogens is 4. The molecular formula is C63H76F4N8O12SSi2. The second kappa shape index (κ2) is 30.9. The van der Waals surface area contributed by atoms with E-state index in [0.717, 1.165) is 64.9 Å². The third-order valence-electron chi connectivity index (χ3n) is 13.1. The monoisotopic (exact) mass is 1300 g/mol. The number of carbonyl (C=O) groups excluding carboxylic acids is 2. The fourth-order valence-electron chi connectivity index (χ4n) is 7.69. The minimum Gasteiger partial charge on any atom is -0.505 e. The van der Waals surface area contributed by atoms with Crippen LogP contribution in [-0.4, -0.2) is 128 Å². The van der Waals surface area contributed by atoms with Gasteiger partial charge in [0.1, 0.15) is 38.3 Å². The van der Waals surface area contributed by atoms with E-state index in [1.807, 2.05) is 60.7 Å². The zero-order valence-electron chi connectivity index (χ0n) is 52.6. The Hall–Kier alpha value is -8.38. The van der Waals surface area contributed by atoms with Gasteiger partial charge in [-0.1, -0.05) is 87.8 Å². The van der Waals surface area contributed by atoms with Gasteiger partial charge in [-0.25, -0.2) is 40.6 Å². The summed E-state index contributed by atoms with van der Waals surface area (Å²) in [5, 5.41) is 17.3. The molecule has 482 valence electrons. The lowest BCUT2D eigenvalue weighted by molar-refractivity contribution is -0.153. The quantitative estimate of drug-likeness (QED) is 0.0242. The highest BCUT2D eigenvalue weighted by atomic mass is 32.2. The van der Waals surface area contributed by atoms with Crippen molar-refractivity contribution in [1.82, 2.24) is 39.5 Å². The Morgan fingerprint density at radius 3 is 1.37 bits per heavy atom. The average Bonchev–Trinajstić information content (AvgIpc) is 1.84. The van der Waals surface area contributed by atoms with E-state index in [1.165, 1.54) is 29.6 Å². The minimum atomic E-state index is -3.59. The molecule has 0 aliphatic heterocycles. The van der Waals surface area contributed by atoms with Crippen LogP contribution in [0.3, 0.4) is 0 Å². The van der Waals surface area contributed by atoms with E-state index in [-0.39, 0.29) is 55.5 Å². The summed E-state index contributed by atoms with van der Waals surface area (Å²) in [7, 11) is -3.46. The van der Waals surface area contributed by atoms with E-state index in [0.29, 0.717) is 53.8 Å². The summed E-state index contributed by atoms with van der Waals surface area (Å²) in [4.78, 5) is 41.1. The zero-order valence-corrected chi connectivity index (χ0v) is 55.5. The third kappa shape index (κ3) is 21.4. The summed E-state index contributed by atoms with van der Waals surface area (Å²) < 4.78 is 117. The van der Waals surface area contributed by atoms with Crippen LogP contribution in [0.4, 0.5) is 17.6 Å². The standard InChI is InChI=1S/C31H36F2N4O5Si.C26H36N4O6SSi.C6H4F2O/c1-31(2,29(38)39-3)19-41-27-14-11-23(18-34-27)21-7-9-22(10-8-21)28-35-30(42-26-13-12-24(32)17-25(26)33)37(36-28)20-40-15-16-43(4,5)6;1-26(2,24(31)34-3)17-36-22-13-12-21(16-27-22)19-8-10-20(11-9-19)23-28-25(37(4,32)33)30(29-23)18-35-14-15-38(5,6)7;7-4-1-2-6(9)5(8)3-4/h7-14,17-18H,15-16,19-20H2,1-6H3;8-13,16H,14-15,17-18H2,1-7H3;1-3,9H. The SMILES string of the molecule is COC(=O)C(C)(C)COc1ccc(-c2ccc(-c3nc(Oc4ccc(F)cc4F)n(COCC[Si](C)(C)C)n3)cc2)cn1.COC(=O)C(C)(C)COc1ccc(-c2ccc(-c3nc(S(C)(=O)=O)n(COCC[Si](C)(C)C)n3)cc2)cn1.Oc1ccc(F)cc1F. The summed E-state index contributed by atoms with van der Waals surface area (Å²) in [5.41, 5.74) is 3.31. The zero-order chi connectivity index (χ0) is 66.2. The van der Waals surface area contributed by atoms with E-state index in [9.17, 15) is 35.6 Å². The minimum absolute atomic E-state index is 0.0211. The maximum atomic E-state index is 14.3. The molecule has 0 aliphatic carbocycles. The molecule has 0 fully saturated rings. The summed E-state index contributed by atoms with van der Waals surface area (Å²) in [6, 6.07) is 29.7. The first-order valence-electron chi connectivity index (χ1n) is 28.3. The maximum absolute atomic E-state index is 14.3. The summed E-state index contributed by atoms with van der Waals surface area (Å²) in [5.74, 6) is -3.15. The van der Waals surface area contributed by atoms with Gasteiger partial charge >= 0.3 is 17.9 Å². The van der Waals surface area contributed by atoms with Crippen LogP contribution in [0.2, 0.25) is 51.4 Å². The fourth-order valence-corrected chi connectivity index (χ4v) is 9.93. The topological polar surface area (TPSA) is 240 Å². The van der Waals surface area contributed by atoms with E-state index < -0.39 is 65.8 Å². The highest BCUT2D eigenvalue weighted by Gasteiger charge is 2.31. The van der Waals surface area contributed by atoms with Crippen molar-refractivity contribution in [2.45, 2.75) is 97.7 Å². The van der Waals surface area contributed by atoms with Gasteiger partial charge in [-0.2, -0.15) is 14.6 Å². The van der Waals surface area contributed by atoms with Crippen LogP contribution in [0.25, 0.3) is 45.0 Å². The average molecular weight is 1300 g/mol. The number of rotatable bonds is 25. The first kappa shape index (κ1) is 70.7. The highest BCUT2D eigenvalue weighted by molar-refractivity contribution is 7.90. The van der Waals surface area contributed by atoms with Crippen LogP contribution in [0.5, 0.6) is 29.3 Å². The molecule has 0 amide bonds. The first-order valence-corrected chi connectivity index (χ1v) is 37.6. The fraction of sp³-hybridized carbons (Fsp3) is 0.365. The van der Waals surface area contributed by atoms with Crippen molar-refractivity contribution in [3.05, 3.63) is 145 Å². The molecule has 8 rings (SSSR count). The molecule has 0 saturated carbocycles. The Morgan fingerprint density at radius 2 is 0.967 bits per heavy atom. The molecule has 4 aromatic carbocycles. The maximum Gasteiger partial charge on any atom is 0.323 e. The number of aromatic nitrogens is 8. The number of hydrogen-bond acceptors (Lipinski definition) is 18. The van der Waals surface area contributed by atoms with E-state index in [2.05, 4.69) is 69.4 Å². The van der Waals surface area contributed by atoms with Gasteiger partial charge in [-0.05, 0) is 87.3 Å². The number of benzene rings is 4. The number of nitrogens with zero attached hydrogens (tertiary/aromatic N) is 8. The third-order valence-corrected chi connectivity index (χ3v) is 17.5. The molecule has 0 spiro atoms. The van der Waals surface area contributed by atoms with Gasteiger partial charge in [0.05, 0.1) is 25.0 Å². The lowest BCUT2D eigenvalue weighted by Crippen LogP contribution is -2.32. The number of carbonyl (C=O) groups is 2. The lowest BCUT2D eigenvalue weighted by Gasteiger charge is -2.21. The van der Waals surface area contributed by atoms with Crippen molar-refractivity contribution in [3.63, 3.8) is 0 Å². The van der Waals surface area contributed by atoms with E-state index in [1.54, 1.807) is 52.2 Å². The van der Waals surface area contributed by atoms with Crippen LogP contribution in [-0.2, 0) is 51.8 Å². The van der Waals surface area contributed by atoms with Gasteiger partial charge in [-0.3, -0.25) is 9.59 Å². The number of esters is 2. The Morgan fingerprint density at radius 1 is 0.556 bits per heavy atom. The number of hydrogen-bond donors (Lipinski definition) is 1. The molecule has 1 N–H and O–H groups in total. The largest absolute Gasteiger partial charge is 0.505 e. The Kier molecular flexibility index (Phi) is 24.3.